The average molecular weight is 333 g/mol. The van der Waals surface area contributed by atoms with Crippen LogP contribution in [0.1, 0.15) is 40.0 Å². The van der Waals surface area contributed by atoms with Crippen LogP contribution in [0.4, 0.5) is 4.79 Å². The van der Waals surface area contributed by atoms with Crippen molar-refractivity contribution in [1.29, 1.82) is 0 Å². The molecule has 0 saturated carbocycles. The van der Waals surface area contributed by atoms with Gasteiger partial charge in [0, 0.05) is 6.61 Å². The molecule has 0 aromatic rings. The van der Waals surface area contributed by atoms with E-state index in [0.717, 1.165) is 4.31 Å². The number of amides is 1. The van der Waals surface area contributed by atoms with E-state index in [4.69, 9.17) is 9.84 Å². The van der Waals surface area contributed by atoms with Gasteiger partial charge in [-0.2, -0.15) is 0 Å². The van der Waals surface area contributed by atoms with Crippen LogP contribution < -0.4 is 0 Å². The van der Waals surface area contributed by atoms with Crippen molar-refractivity contribution in [2.24, 2.45) is 0 Å². The Hall–Kier alpha value is -1.34. The van der Waals surface area contributed by atoms with E-state index in [-0.39, 0.29) is 25.3 Å². The van der Waals surface area contributed by atoms with Crippen LogP contribution in [0.25, 0.3) is 0 Å². The van der Waals surface area contributed by atoms with E-state index in [0.29, 0.717) is 12.8 Å². The van der Waals surface area contributed by atoms with E-state index in [1.165, 1.54) is 6.08 Å². The maximum Gasteiger partial charge on any atom is 0.424 e. The Morgan fingerprint density at radius 3 is 2.41 bits per heavy atom. The average Bonchev–Trinajstić information content (AvgIpc) is 2.38. The molecule has 7 heteroatoms. The molecular formula is C15H27NO5S. The number of ether oxygens (including phenoxy) is 1. The third kappa shape index (κ3) is 8.84. The fraction of sp³-hybridized carbons (Fsp3) is 0.667. The van der Waals surface area contributed by atoms with Gasteiger partial charge in [0.2, 0.25) is 10.0 Å². The second-order valence-electron chi connectivity index (χ2n) is 5.74. The molecule has 0 aliphatic rings. The molecule has 0 bridgehead atoms. The van der Waals surface area contributed by atoms with E-state index in [1.807, 2.05) is 0 Å². The van der Waals surface area contributed by atoms with Crippen molar-refractivity contribution in [2.45, 2.75) is 45.6 Å². The smallest absolute Gasteiger partial charge is 0.424 e. The highest BCUT2D eigenvalue weighted by molar-refractivity contribution is 7.89. The first-order valence-electron chi connectivity index (χ1n) is 7.24. The molecule has 0 fully saturated rings. The minimum Gasteiger partial charge on any atom is -0.443 e. The number of carbonyl (C=O) groups is 1. The molecule has 1 amide bonds. The lowest BCUT2D eigenvalue weighted by Gasteiger charge is -2.26. The molecule has 0 unspecified atom stereocenters. The molecule has 0 atom stereocenters. The number of nitrogens with zero attached hydrogens (tertiary/aromatic N) is 1. The second kappa shape index (κ2) is 9.63. The third-order valence-electron chi connectivity index (χ3n) is 2.48. The summed E-state index contributed by atoms with van der Waals surface area (Å²) in [7, 11) is -3.76. The van der Waals surface area contributed by atoms with E-state index >= 15 is 0 Å². The van der Waals surface area contributed by atoms with Gasteiger partial charge in [0.25, 0.3) is 0 Å². The van der Waals surface area contributed by atoms with Crippen molar-refractivity contribution in [3.05, 3.63) is 24.8 Å². The number of aliphatic hydroxyl groups excluding tert-OH is 1. The summed E-state index contributed by atoms with van der Waals surface area (Å²) in [4.78, 5) is 12.1. The highest BCUT2D eigenvalue weighted by Gasteiger charge is 2.30. The van der Waals surface area contributed by atoms with Gasteiger partial charge in [-0.15, -0.1) is 6.58 Å². The first-order valence-corrected chi connectivity index (χ1v) is 8.85. The lowest BCUT2D eigenvalue weighted by molar-refractivity contribution is 0.0404. The molecule has 128 valence electrons. The van der Waals surface area contributed by atoms with Gasteiger partial charge in [-0.1, -0.05) is 18.2 Å². The molecule has 0 aromatic carbocycles. The van der Waals surface area contributed by atoms with Gasteiger partial charge in [0.15, 0.2) is 0 Å². The van der Waals surface area contributed by atoms with Crippen LogP contribution in [0.5, 0.6) is 0 Å². The lowest BCUT2D eigenvalue weighted by Crippen LogP contribution is -2.42. The van der Waals surface area contributed by atoms with E-state index in [9.17, 15) is 13.2 Å². The zero-order valence-corrected chi connectivity index (χ0v) is 14.4. The molecule has 0 saturated heterocycles. The molecular weight excluding hydrogens is 306 g/mol. The van der Waals surface area contributed by atoms with Crippen LogP contribution in [-0.2, 0) is 14.8 Å². The maximum absolute atomic E-state index is 12.2. The third-order valence-corrected chi connectivity index (χ3v) is 4.20. The molecule has 22 heavy (non-hydrogen) atoms. The molecule has 6 nitrogen and oxygen atoms in total. The van der Waals surface area contributed by atoms with Crippen LogP contribution in [0.15, 0.2) is 24.8 Å². The summed E-state index contributed by atoms with van der Waals surface area (Å²) in [6.07, 6.45) is 5.39. The number of allylic oxidation sites excluding steroid dienone is 2. The fourth-order valence-corrected chi connectivity index (χ4v) is 2.72. The summed E-state index contributed by atoms with van der Waals surface area (Å²) < 4.78 is 30.4. The van der Waals surface area contributed by atoms with Gasteiger partial charge >= 0.3 is 6.09 Å². The van der Waals surface area contributed by atoms with Gasteiger partial charge in [0.05, 0.1) is 12.3 Å². The summed E-state index contributed by atoms with van der Waals surface area (Å²) in [5.74, 6) is -0.194. The Bertz CT molecular complexity index is 477. The Kier molecular flexibility index (Phi) is 9.04. The minimum absolute atomic E-state index is 0.0672. The molecule has 0 rings (SSSR count). The van der Waals surface area contributed by atoms with Crippen LogP contribution in [0.3, 0.4) is 0 Å². The summed E-state index contributed by atoms with van der Waals surface area (Å²) in [5, 5.41) is 8.69. The Morgan fingerprint density at radius 1 is 1.27 bits per heavy atom. The predicted octanol–water partition coefficient (Wildman–Crippen LogP) is 2.46. The summed E-state index contributed by atoms with van der Waals surface area (Å²) >= 11 is 0. The van der Waals surface area contributed by atoms with Crippen molar-refractivity contribution in [3.8, 4) is 0 Å². The van der Waals surface area contributed by atoms with Crippen molar-refractivity contribution >= 4 is 16.1 Å². The number of aliphatic hydroxyl groups is 1. The SMILES string of the molecule is C=CCCS(=O)(=O)N(C/C=C/CCCO)C(=O)OC(C)(C)C. The van der Waals surface area contributed by atoms with Crippen LogP contribution >= 0.6 is 0 Å². The monoisotopic (exact) mass is 333 g/mol. The fourth-order valence-electron chi connectivity index (χ4n) is 1.45. The minimum atomic E-state index is -3.76. The Labute approximate surface area is 133 Å². The van der Waals surface area contributed by atoms with Gasteiger partial charge < -0.3 is 9.84 Å². The number of hydrogen-bond acceptors (Lipinski definition) is 5. The molecule has 1 N–H and O–H groups in total. The number of hydrogen-bond donors (Lipinski definition) is 1. The molecule has 0 spiro atoms. The maximum atomic E-state index is 12.2. The number of unbranched alkanes of at least 4 members (excludes halogenated alkanes) is 1. The summed E-state index contributed by atoms with van der Waals surface area (Å²) in [6, 6.07) is 0. The molecule has 0 radical (unpaired) electrons. The van der Waals surface area contributed by atoms with Crippen molar-refractivity contribution in [3.63, 3.8) is 0 Å². The zero-order chi connectivity index (χ0) is 17.2. The van der Waals surface area contributed by atoms with Gasteiger partial charge in [-0.05, 0) is 40.0 Å². The van der Waals surface area contributed by atoms with E-state index < -0.39 is 21.7 Å². The van der Waals surface area contributed by atoms with Crippen LogP contribution in [0.2, 0.25) is 0 Å². The summed E-state index contributed by atoms with van der Waals surface area (Å²) in [6.45, 7) is 8.50. The van der Waals surface area contributed by atoms with Crippen molar-refractivity contribution in [1.82, 2.24) is 4.31 Å². The second-order valence-corrected chi connectivity index (χ2v) is 7.75. The zero-order valence-electron chi connectivity index (χ0n) is 13.6. The number of sulfonamides is 1. The van der Waals surface area contributed by atoms with Gasteiger partial charge in [-0.25, -0.2) is 17.5 Å². The summed E-state index contributed by atoms with van der Waals surface area (Å²) in [5.41, 5.74) is -0.774. The highest BCUT2D eigenvalue weighted by Crippen LogP contribution is 2.14. The van der Waals surface area contributed by atoms with E-state index in [2.05, 4.69) is 6.58 Å². The van der Waals surface area contributed by atoms with Gasteiger partial charge in [-0.3, -0.25) is 0 Å². The van der Waals surface area contributed by atoms with Gasteiger partial charge in [0.1, 0.15) is 5.60 Å². The first-order chi connectivity index (χ1) is 10.1. The first kappa shape index (κ1) is 20.7. The molecule has 0 aliphatic carbocycles. The van der Waals surface area contributed by atoms with Crippen LogP contribution in [0, 0.1) is 0 Å². The predicted molar refractivity (Wildman–Crippen MR) is 87.0 cm³/mol. The Balaban J connectivity index is 5.02. The molecule has 0 aliphatic heterocycles. The number of rotatable bonds is 9. The number of carbonyl (C=O) groups excluding carboxylic acids is 1. The van der Waals surface area contributed by atoms with E-state index in [1.54, 1.807) is 32.9 Å². The molecule has 0 heterocycles. The molecule has 0 aromatic heterocycles. The quantitative estimate of drug-likeness (QED) is 0.517. The van der Waals surface area contributed by atoms with Crippen molar-refractivity contribution < 1.29 is 23.1 Å². The largest absolute Gasteiger partial charge is 0.443 e. The van der Waals surface area contributed by atoms with Crippen LogP contribution in [-0.4, -0.2) is 48.4 Å². The highest BCUT2D eigenvalue weighted by atomic mass is 32.2. The topological polar surface area (TPSA) is 83.9 Å². The van der Waals surface area contributed by atoms with Crippen molar-refractivity contribution in [2.75, 3.05) is 18.9 Å². The lowest BCUT2D eigenvalue weighted by atomic mass is 10.2. The standard InChI is InChI=1S/C15H27NO5S/c1-5-6-13-22(19,20)16(11-9-7-8-10-12-17)14(18)21-15(2,3)4/h5,7,9,17H,1,6,8,10-13H2,2-4H3/b9-7+. The Morgan fingerprint density at radius 2 is 1.91 bits per heavy atom. The normalized spacial score (nSPS) is 12.4.